The Morgan fingerprint density at radius 1 is 0.927 bits per heavy atom. The Balaban J connectivity index is 1.37. The van der Waals surface area contributed by atoms with Crippen LogP contribution in [-0.4, -0.2) is 87.9 Å². The van der Waals surface area contributed by atoms with Gasteiger partial charge in [0.05, 0.1) is 0 Å². The first kappa shape index (κ1) is 30.8. The molecule has 0 aromatic heterocycles. The zero-order valence-corrected chi connectivity index (χ0v) is 25.0. The number of likely N-dealkylation sites (tertiary alicyclic amines) is 2. The van der Waals surface area contributed by atoms with Crippen LogP contribution in [0.2, 0.25) is 0 Å². The van der Waals surface area contributed by atoms with Crippen molar-refractivity contribution in [3.8, 4) is 5.75 Å². The van der Waals surface area contributed by atoms with Crippen molar-refractivity contribution in [3.05, 3.63) is 29.3 Å². The second-order valence-electron chi connectivity index (χ2n) is 13.7. The molecule has 0 bridgehead atoms. The number of hydrogen-bond donors (Lipinski definition) is 1. The largest absolute Gasteiger partial charge is 0.505 e. The van der Waals surface area contributed by atoms with Crippen LogP contribution in [-0.2, 0) is 14.3 Å². The summed E-state index contributed by atoms with van der Waals surface area (Å²) in [6.45, 7) is 12.8. The van der Waals surface area contributed by atoms with Gasteiger partial charge in [0.25, 0.3) is 0 Å². The van der Waals surface area contributed by atoms with E-state index in [9.17, 15) is 28.3 Å². The summed E-state index contributed by atoms with van der Waals surface area (Å²) in [4.78, 5) is 43.8. The van der Waals surface area contributed by atoms with Gasteiger partial charge in [-0.2, -0.15) is 0 Å². The minimum absolute atomic E-state index is 0.0563. The molecule has 9 nitrogen and oxygen atoms in total. The molecule has 1 N–H and O–H groups in total. The maximum atomic E-state index is 14.0. The SMILES string of the molecule is CC(C)(C)OC(=O)N1CCC2(CCN(C(=O)CN(C(=O)OC(C)(C)C)[C@@H]3C[C@H]3c3cc(F)cc(F)c3O)CC2)CC1. The van der Waals surface area contributed by atoms with Crippen LogP contribution in [0.25, 0.3) is 0 Å². The first-order chi connectivity index (χ1) is 19.0. The molecule has 1 aromatic rings. The molecule has 0 radical (unpaired) electrons. The molecule has 0 unspecified atom stereocenters. The quantitative estimate of drug-likeness (QED) is 0.513. The number of carbonyl (C=O) groups excluding carboxylic acids is 3. The highest BCUT2D eigenvalue weighted by molar-refractivity contribution is 5.83. The number of piperidine rings is 2. The molecule has 3 aliphatic rings. The fourth-order valence-electron chi connectivity index (χ4n) is 5.83. The van der Waals surface area contributed by atoms with E-state index in [1.54, 1.807) is 30.6 Å². The highest BCUT2D eigenvalue weighted by Gasteiger charge is 2.49. The maximum Gasteiger partial charge on any atom is 0.411 e. The molecular formula is C30H43F2N3O6. The number of amides is 3. The lowest BCUT2D eigenvalue weighted by atomic mass is 9.71. The van der Waals surface area contributed by atoms with Crippen molar-refractivity contribution in [1.29, 1.82) is 0 Å². The number of benzene rings is 1. The molecule has 2 atom stereocenters. The summed E-state index contributed by atoms with van der Waals surface area (Å²) in [5, 5.41) is 10.2. The van der Waals surface area contributed by atoms with E-state index in [0.29, 0.717) is 38.7 Å². The van der Waals surface area contributed by atoms with Crippen molar-refractivity contribution in [2.24, 2.45) is 5.41 Å². The van der Waals surface area contributed by atoms with Crippen LogP contribution in [0.3, 0.4) is 0 Å². The Hall–Kier alpha value is -3.11. The number of ether oxygens (including phenoxy) is 2. The molecule has 41 heavy (non-hydrogen) atoms. The fourth-order valence-corrected chi connectivity index (χ4v) is 5.83. The van der Waals surface area contributed by atoms with Crippen LogP contribution in [0.4, 0.5) is 18.4 Å². The second-order valence-corrected chi connectivity index (χ2v) is 13.7. The third-order valence-corrected chi connectivity index (χ3v) is 8.20. The second kappa shape index (κ2) is 11.3. The summed E-state index contributed by atoms with van der Waals surface area (Å²) < 4.78 is 38.9. The molecule has 1 aromatic carbocycles. The van der Waals surface area contributed by atoms with Crippen molar-refractivity contribution in [2.75, 3.05) is 32.7 Å². The number of phenolic OH excluding ortho intramolecular Hbond substituents is 1. The minimum atomic E-state index is -1.07. The standard InChI is InChI=1S/C30H43F2N3O6/c1-28(2,3)40-26(38)34-13-9-30(10-14-34)7-11-33(12-8-30)24(36)18-35(27(39)41-29(4,5)6)23-17-20(23)21-15-19(31)16-22(32)25(21)37/h15-16,20,23,37H,7-14,17-18H2,1-6H3/t20-,23+/m0/s1. The van der Waals surface area contributed by atoms with E-state index in [-0.39, 0.29) is 29.5 Å². The first-order valence-electron chi connectivity index (χ1n) is 14.4. The van der Waals surface area contributed by atoms with Gasteiger partial charge in [-0.1, -0.05) is 0 Å². The molecule has 1 aliphatic carbocycles. The lowest BCUT2D eigenvalue weighted by Gasteiger charge is -2.47. The summed E-state index contributed by atoms with van der Waals surface area (Å²) in [6, 6.07) is 1.14. The van der Waals surface area contributed by atoms with Crippen molar-refractivity contribution < 1.29 is 37.7 Å². The lowest BCUT2D eigenvalue weighted by Crippen LogP contribution is -2.52. The zero-order valence-electron chi connectivity index (χ0n) is 25.0. The Labute approximate surface area is 240 Å². The average Bonchev–Trinajstić information content (AvgIpc) is 3.63. The Morgan fingerprint density at radius 2 is 1.46 bits per heavy atom. The number of hydrogen-bond acceptors (Lipinski definition) is 6. The third kappa shape index (κ3) is 7.60. The predicted octanol–water partition coefficient (Wildman–Crippen LogP) is 5.40. The maximum absolute atomic E-state index is 14.0. The monoisotopic (exact) mass is 579 g/mol. The average molecular weight is 580 g/mol. The fraction of sp³-hybridized carbons (Fsp3) is 0.700. The van der Waals surface area contributed by atoms with Crippen LogP contribution in [0.5, 0.6) is 5.75 Å². The van der Waals surface area contributed by atoms with Gasteiger partial charge in [-0.05, 0) is 85.1 Å². The van der Waals surface area contributed by atoms with Gasteiger partial charge in [0.2, 0.25) is 5.91 Å². The molecule has 11 heteroatoms. The Kier molecular flexibility index (Phi) is 8.49. The van der Waals surface area contributed by atoms with E-state index in [4.69, 9.17) is 9.47 Å². The minimum Gasteiger partial charge on any atom is -0.505 e. The number of carbonyl (C=O) groups is 3. The van der Waals surface area contributed by atoms with Gasteiger partial charge in [0.1, 0.15) is 23.6 Å². The lowest BCUT2D eigenvalue weighted by molar-refractivity contribution is -0.135. The van der Waals surface area contributed by atoms with Gasteiger partial charge in [-0.15, -0.1) is 0 Å². The molecule has 3 fully saturated rings. The molecule has 3 amide bonds. The summed E-state index contributed by atoms with van der Waals surface area (Å²) in [7, 11) is 0. The molecule has 1 saturated carbocycles. The molecule has 2 saturated heterocycles. The number of nitrogens with zero attached hydrogens (tertiary/aromatic N) is 3. The number of halogens is 2. The summed E-state index contributed by atoms with van der Waals surface area (Å²) >= 11 is 0. The van der Waals surface area contributed by atoms with Crippen molar-refractivity contribution >= 4 is 18.1 Å². The van der Waals surface area contributed by atoms with Gasteiger partial charge >= 0.3 is 12.2 Å². The Morgan fingerprint density at radius 3 is 2.00 bits per heavy atom. The first-order valence-corrected chi connectivity index (χ1v) is 14.4. The predicted molar refractivity (Wildman–Crippen MR) is 147 cm³/mol. The van der Waals surface area contributed by atoms with Gasteiger partial charge in [-0.3, -0.25) is 9.69 Å². The molecular weight excluding hydrogens is 536 g/mol. The van der Waals surface area contributed by atoms with E-state index in [1.807, 2.05) is 20.8 Å². The highest BCUT2D eigenvalue weighted by Crippen LogP contribution is 2.49. The molecule has 228 valence electrons. The molecule has 2 heterocycles. The van der Waals surface area contributed by atoms with Gasteiger partial charge < -0.3 is 24.4 Å². The summed E-state index contributed by atoms with van der Waals surface area (Å²) in [5.41, 5.74) is -1.21. The van der Waals surface area contributed by atoms with Crippen molar-refractivity contribution in [2.45, 2.75) is 96.8 Å². The van der Waals surface area contributed by atoms with Gasteiger partial charge in [-0.25, -0.2) is 18.4 Å². The van der Waals surface area contributed by atoms with E-state index in [1.165, 1.54) is 4.90 Å². The zero-order chi connectivity index (χ0) is 30.3. The number of rotatable bonds is 4. The van der Waals surface area contributed by atoms with Crippen LogP contribution >= 0.6 is 0 Å². The summed E-state index contributed by atoms with van der Waals surface area (Å²) in [6.07, 6.45) is 2.66. The van der Waals surface area contributed by atoms with Crippen LogP contribution in [0.15, 0.2) is 12.1 Å². The van der Waals surface area contributed by atoms with E-state index < -0.39 is 46.6 Å². The molecule has 4 rings (SSSR count). The van der Waals surface area contributed by atoms with E-state index in [0.717, 1.165) is 31.7 Å². The van der Waals surface area contributed by atoms with Crippen molar-refractivity contribution in [1.82, 2.24) is 14.7 Å². The van der Waals surface area contributed by atoms with Gasteiger partial charge in [0.15, 0.2) is 11.6 Å². The topological polar surface area (TPSA) is 99.6 Å². The smallest absolute Gasteiger partial charge is 0.411 e. The van der Waals surface area contributed by atoms with E-state index in [2.05, 4.69) is 0 Å². The highest BCUT2D eigenvalue weighted by atomic mass is 19.1. The normalized spacial score (nSPS) is 22.3. The number of aromatic hydroxyl groups is 1. The van der Waals surface area contributed by atoms with Crippen LogP contribution < -0.4 is 0 Å². The van der Waals surface area contributed by atoms with Gasteiger partial charge in [0, 0.05) is 49.8 Å². The van der Waals surface area contributed by atoms with Crippen LogP contribution in [0, 0.1) is 17.0 Å². The van der Waals surface area contributed by atoms with Crippen LogP contribution in [0.1, 0.15) is 85.1 Å². The molecule has 1 spiro atoms. The van der Waals surface area contributed by atoms with Crippen molar-refractivity contribution in [3.63, 3.8) is 0 Å². The molecule has 2 aliphatic heterocycles. The third-order valence-electron chi connectivity index (χ3n) is 8.20. The summed E-state index contributed by atoms with van der Waals surface area (Å²) in [5.74, 6) is -3.27. The number of phenols is 1. The Bertz CT molecular complexity index is 1160. The van der Waals surface area contributed by atoms with E-state index >= 15 is 0 Å².